The molecular formula is C17H25BrClN3O2. The lowest BCUT2D eigenvalue weighted by atomic mass is 9.93. The van der Waals surface area contributed by atoms with E-state index in [0.29, 0.717) is 12.3 Å². The zero-order chi connectivity index (χ0) is 16.7. The van der Waals surface area contributed by atoms with Crippen LogP contribution in [0.5, 0.6) is 0 Å². The van der Waals surface area contributed by atoms with Crippen LogP contribution < -0.4 is 16.0 Å². The zero-order valence-corrected chi connectivity index (χ0v) is 16.3. The van der Waals surface area contributed by atoms with Gasteiger partial charge in [0.1, 0.15) is 0 Å². The molecule has 1 saturated heterocycles. The number of aryl methyl sites for hydroxylation is 1. The summed E-state index contributed by atoms with van der Waals surface area (Å²) in [5, 5.41) is 8.84. The molecule has 0 spiro atoms. The summed E-state index contributed by atoms with van der Waals surface area (Å²) >= 11 is 3.38. The lowest BCUT2D eigenvalue weighted by molar-refractivity contribution is -0.124. The summed E-state index contributed by atoms with van der Waals surface area (Å²) in [6.07, 6.45) is 3.67. The van der Waals surface area contributed by atoms with Crippen LogP contribution >= 0.6 is 28.3 Å². The second-order valence-corrected chi connectivity index (χ2v) is 6.93. The molecule has 0 bridgehead atoms. The van der Waals surface area contributed by atoms with E-state index in [-0.39, 0.29) is 30.8 Å². The smallest absolute Gasteiger partial charge is 0.243 e. The Morgan fingerprint density at radius 1 is 1.25 bits per heavy atom. The molecule has 2 amide bonds. The van der Waals surface area contributed by atoms with Gasteiger partial charge in [-0.1, -0.05) is 22.0 Å². The highest BCUT2D eigenvalue weighted by Crippen LogP contribution is 2.20. The van der Waals surface area contributed by atoms with Crippen molar-refractivity contribution in [2.75, 3.05) is 25.0 Å². The molecule has 0 aromatic heterocycles. The Labute approximate surface area is 157 Å². The Hall–Kier alpha value is -1.11. The van der Waals surface area contributed by atoms with E-state index in [1.54, 1.807) is 0 Å². The van der Waals surface area contributed by atoms with Gasteiger partial charge in [-0.3, -0.25) is 9.59 Å². The van der Waals surface area contributed by atoms with E-state index in [1.165, 1.54) is 0 Å². The number of amides is 2. The normalized spacial score (nSPS) is 14.6. The molecule has 0 unspecified atom stereocenters. The fraction of sp³-hybridized carbons (Fsp3) is 0.529. The summed E-state index contributed by atoms with van der Waals surface area (Å²) < 4.78 is 0.907. The molecule has 7 heteroatoms. The predicted octanol–water partition coefficient (Wildman–Crippen LogP) is 3.01. The summed E-state index contributed by atoms with van der Waals surface area (Å²) in [5.41, 5.74) is 1.74. The number of carbonyl (C=O) groups excluding carboxylic acids is 2. The highest BCUT2D eigenvalue weighted by atomic mass is 79.9. The molecule has 1 aromatic rings. The van der Waals surface area contributed by atoms with Gasteiger partial charge in [0, 0.05) is 16.6 Å². The van der Waals surface area contributed by atoms with Gasteiger partial charge in [0.2, 0.25) is 11.8 Å². The number of halogens is 2. The van der Waals surface area contributed by atoms with E-state index in [1.807, 2.05) is 25.1 Å². The fourth-order valence-corrected chi connectivity index (χ4v) is 3.06. The molecule has 1 aliphatic heterocycles. The molecule has 0 aliphatic carbocycles. The van der Waals surface area contributed by atoms with Gasteiger partial charge in [0.05, 0.1) is 6.54 Å². The van der Waals surface area contributed by atoms with Crippen molar-refractivity contribution in [3.8, 4) is 0 Å². The molecule has 24 heavy (non-hydrogen) atoms. The van der Waals surface area contributed by atoms with Gasteiger partial charge in [-0.05, 0) is 62.9 Å². The van der Waals surface area contributed by atoms with Crippen molar-refractivity contribution in [2.24, 2.45) is 5.92 Å². The van der Waals surface area contributed by atoms with E-state index < -0.39 is 0 Å². The first-order valence-electron chi connectivity index (χ1n) is 8.08. The van der Waals surface area contributed by atoms with Crippen molar-refractivity contribution < 1.29 is 9.59 Å². The van der Waals surface area contributed by atoms with Gasteiger partial charge in [0.15, 0.2) is 0 Å². The molecule has 5 nitrogen and oxygen atoms in total. The van der Waals surface area contributed by atoms with Gasteiger partial charge in [0.25, 0.3) is 0 Å². The van der Waals surface area contributed by atoms with Gasteiger partial charge >= 0.3 is 0 Å². The second-order valence-electron chi connectivity index (χ2n) is 6.02. The van der Waals surface area contributed by atoms with Crippen molar-refractivity contribution in [3.05, 3.63) is 28.2 Å². The first kappa shape index (κ1) is 20.9. The number of hydrogen-bond donors (Lipinski definition) is 3. The second kappa shape index (κ2) is 10.7. The summed E-state index contributed by atoms with van der Waals surface area (Å²) in [6, 6.07) is 5.71. The van der Waals surface area contributed by atoms with Crippen molar-refractivity contribution in [1.29, 1.82) is 0 Å². The number of piperidine rings is 1. The van der Waals surface area contributed by atoms with Crippen LogP contribution in [0.15, 0.2) is 22.7 Å². The highest BCUT2D eigenvalue weighted by Gasteiger charge is 2.15. The third-order valence-corrected chi connectivity index (χ3v) is 4.65. The predicted molar refractivity (Wildman–Crippen MR) is 103 cm³/mol. The first-order valence-corrected chi connectivity index (χ1v) is 8.87. The van der Waals surface area contributed by atoms with E-state index in [4.69, 9.17) is 0 Å². The van der Waals surface area contributed by atoms with Crippen LogP contribution in [-0.2, 0) is 9.59 Å². The molecule has 0 atom stereocenters. The van der Waals surface area contributed by atoms with Crippen molar-refractivity contribution >= 4 is 45.8 Å². The first-order chi connectivity index (χ1) is 11.0. The van der Waals surface area contributed by atoms with E-state index in [0.717, 1.165) is 48.1 Å². The van der Waals surface area contributed by atoms with E-state index in [9.17, 15) is 9.59 Å². The maximum Gasteiger partial charge on any atom is 0.243 e. The lowest BCUT2D eigenvalue weighted by Gasteiger charge is -2.22. The van der Waals surface area contributed by atoms with Crippen LogP contribution in [0.3, 0.4) is 0 Å². The lowest BCUT2D eigenvalue weighted by Crippen LogP contribution is -2.33. The Kier molecular flexibility index (Phi) is 9.33. The number of benzene rings is 1. The standard InChI is InChI=1S/C17H24BrN3O2.ClH/c1-12-2-4-14(18)10-15(12)21-17(23)11-20-16(22)5-3-13-6-8-19-9-7-13;/h2,4,10,13,19H,3,5-9,11H2,1H3,(H,20,22)(H,21,23);1H. The molecule has 3 N–H and O–H groups in total. The van der Waals surface area contributed by atoms with Crippen molar-refractivity contribution in [1.82, 2.24) is 10.6 Å². The maximum atomic E-state index is 11.9. The van der Waals surface area contributed by atoms with Crippen LogP contribution in [0.2, 0.25) is 0 Å². The number of anilines is 1. The Bertz CT molecular complexity index is 563. The maximum absolute atomic E-state index is 11.9. The summed E-state index contributed by atoms with van der Waals surface area (Å²) in [5.74, 6) is 0.367. The monoisotopic (exact) mass is 417 g/mol. The topological polar surface area (TPSA) is 70.2 Å². The van der Waals surface area contributed by atoms with Crippen molar-refractivity contribution in [3.63, 3.8) is 0 Å². The Morgan fingerprint density at radius 3 is 2.67 bits per heavy atom. The molecule has 1 aliphatic rings. The summed E-state index contributed by atoms with van der Waals surface area (Å²) in [7, 11) is 0. The van der Waals surface area contributed by atoms with Crippen molar-refractivity contribution in [2.45, 2.75) is 32.6 Å². The fourth-order valence-electron chi connectivity index (χ4n) is 2.70. The Balaban J connectivity index is 0.00000288. The zero-order valence-electron chi connectivity index (χ0n) is 13.9. The minimum Gasteiger partial charge on any atom is -0.347 e. The molecule has 1 aromatic carbocycles. The van der Waals surface area contributed by atoms with Crippen LogP contribution in [0.25, 0.3) is 0 Å². The molecule has 0 saturated carbocycles. The third-order valence-electron chi connectivity index (χ3n) is 4.16. The van der Waals surface area contributed by atoms with E-state index >= 15 is 0 Å². The number of hydrogen-bond acceptors (Lipinski definition) is 3. The summed E-state index contributed by atoms with van der Waals surface area (Å²) in [4.78, 5) is 23.8. The number of rotatable bonds is 6. The van der Waals surface area contributed by atoms with Gasteiger partial charge in [-0.25, -0.2) is 0 Å². The molecule has 1 heterocycles. The van der Waals surface area contributed by atoms with Gasteiger partial charge < -0.3 is 16.0 Å². The third kappa shape index (κ3) is 7.20. The number of carbonyl (C=O) groups is 2. The SMILES string of the molecule is Cc1ccc(Br)cc1NC(=O)CNC(=O)CCC1CCNCC1.Cl. The van der Waals surface area contributed by atoms with Crippen LogP contribution in [0.1, 0.15) is 31.2 Å². The summed E-state index contributed by atoms with van der Waals surface area (Å²) in [6.45, 7) is 4.03. The average molecular weight is 419 g/mol. The molecule has 1 fully saturated rings. The minimum atomic E-state index is -0.207. The van der Waals surface area contributed by atoms with E-state index in [2.05, 4.69) is 31.9 Å². The highest BCUT2D eigenvalue weighted by molar-refractivity contribution is 9.10. The molecule has 2 rings (SSSR count). The molecular weight excluding hydrogens is 394 g/mol. The molecule has 0 radical (unpaired) electrons. The number of nitrogens with one attached hydrogen (secondary N) is 3. The van der Waals surface area contributed by atoms with Gasteiger partial charge in [-0.15, -0.1) is 12.4 Å². The quantitative estimate of drug-likeness (QED) is 0.665. The molecule has 134 valence electrons. The largest absolute Gasteiger partial charge is 0.347 e. The Morgan fingerprint density at radius 2 is 1.96 bits per heavy atom. The van der Waals surface area contributed by atoms with Crippen LogP contribution in [0.4, 0.5) is 5.69 Å². The van der Waals surface area contributed by atoms with Gasteiger partial charge in [-0.2, -0.15) is 0 Å². The van der Waals surface area contributed by atoms with Crippen LogP contribution in [0, 0.1) is 12.8 Å². The average Bonchev–Trinajstić information content (AvgIpc) is 2.55. The minimum absolute atomic E-state index is 0. The van der Waals surface area contributed by atoms with Crippen LogP contribution in [-0.4, -0.2) is 31.4 Å².